The highest BCUT2D eigenvalue weighted by atomic mass is 32.2. The van der Waals surface area contributed by atoms with Gasteiger partial charge in [-0.05, 0) is 58.0 Å². The molecule has 1 saturated carbocycles. The van der Waals surface area contributed by atoms with E-state index in [2.05, 4.69) is 27.8 Å². The Morgan fingerprint density at radius 2 is 1.51 bits per heavy atom. The highest BCUT2D eigenvalue weighted by Crippen LogP contribution is 2.49. The van der Waals surface area contributed by atoms with E-state index in [-0.39, 0.29) is 11.8 Å². The van der Waals surface area contributed by atoms with Crippen LogP contribution < -0.4 is 4.72 Å². The van der Waals surface area contributed by atoms with Crippen molar-refractivity contribution in [2.45, 2.75) is 71.0 Å². The molecule has 1 aliphatic carbocycles. The Labute approximate surface area is 209 Å². The van der Waals surface area contributed by atoms with Gasteiger partial charge in [-0.2, -0.15) is 31.4 Å². The van der Waals surface area contributed by atoms with Gasteiger partial charge in [-0.15, -0.1) is 0 Å². The average molecular weight is 569 g/mol. The number of carboxylic acid groups (broad SMARTS) is 2. The fourth-order valence-corrected chi connectivity index (χ4v) is 4.76. The van der Waals surface area contributed by atoms with Crippen molar-refractivity contribution >= 4 is 22.0 Å². The number of rotatable bonds is 6. The lowest BCUT2D eigenvalue weighted by Gasteiger charge is -2.52. The van der Waals surface area contributed by atoms with Crippen molar-refractivity contribution in [3.05, 3.63) is 18.0 Å². The highest BCUT2D eigenvalue weighted by molar-refractivity contribution is 7.89. The molecular formula is C20H30F6N4O6S. The fourth-order valence-electron chi connectivity index (χ4n) is 3.92. The number of nitrogens with one attached hydrogen (secondary N) is 1. The zero-order chi connectivity index (χ0) is 28.7. The van der Waals surface area contributed by atoms with Crippen molar-refractivity contribution < 1.29 is 54.6 Å². The molecule has 214 valence electrons. The number of piperidine rings is 1. The van der Waals surface area contributed by atoms with Gasteiger partial charge >= 0.3 is 24.3 Å². The van der Waals surface area contributed by atoms with Crippen LogP contribution in [0.3, 0.4) is 0 Å². The number of alkyl halides is 6. The van der Waals surface area contributed by atoms with E-state index in [1.54, 1.807) is 6.92 Å². The van der Waals surface area contributed by atoms with E-state index in [9.17, 15) is 34.8 Å². The summed E-state index contributed by atoms with van der Waals surface area (Å²) in [6.07, 6.45) is -1.70. The molecule has 37 heavy (non-hydrogen) atoms. The largest absolute Gasteiger partial charge is 0.490 e. The number of aliphatic carboxylic acids is 2. The predicted molar refractivity (Wildman–Crippen MR) is 118 cm³/mol. The van der Waals surface area contributed by atoms with Crippen molar-refractivity contribution in [1.82, 2.24) is 19.4 Å². The van der Waals surface area contributed by atoms with E-state index >= 15 is 0 Å². The molecule has 1 aromatic heterocycles. The topological polar surface area (TPSA) is 142 Å². The van der Waals surface area contributed by atoms with Gasteiger partial charge in [0.1, 0.15) is 0 Å². The molecule has 1 aromatic rings. The van der Waals surface area contributed by atoms with Crippen LogP contribution in [0.4, 0.5) is 26.3 Å². The number of halogens is 6. The summed E-state index contributed by atoms with van der Waals surface area (Å²) in [6, 6.07) is 0.161. The van der Waals surface area contributed by atoms with Gasteiger partial charge in [0.05, 0.1) is 11.9 Å². The van der Waals surface area contributed by atoms with Crippen molar-refractivity contribution in [2.75, 3.05) is 18.8 Å². The zero-order valence-electron chi connectivity index (χ0n) is 20.1. The quantitative estimate of drug-likeness (QED) is 0.445. The summed E-state index contributed by atoms with van der Waals surface area (Å²) >= 11 is 0. The van der Waals surface area contributed by atoms with Crippen LogP contribution in [0.2, 0.25) is 0 Å². The third kappa shape index (κ3) is 11.3. The molecule has 0 atom stereocenters. The number of hydrogen-bond acceptors (Lipinski definition) is 6. The van der Waals surface area contributed by atoms with E-state index in [0.717, 1.165) is 39.0 Å². The second-order valence-corrected chi connectivity index (χ2v) is 10.8. The lowest BCUT2D eigenvalue weighted by Crippen LogP contribution is -2.54. The molecule has 0 radical (unpaired) electrons. The summed E-state index contributed by atoms with van der Waals surface area (Å²) in [5.74, 6) is -5.34. The Hall–Kier alpha value is -2.40. The van der Waals surface area contributed by atoms with Crippen molar-refractivity contribution in [2.24, 2.45) is 5.41 Å². The summed E-state index contributed by atoms with van der Waals surface area (Å²) in [7, 11) is -3.06. The van der Waals surface area contributed by atoms with Crippen LogP contribution in [0.5, 0.6) is 0 Å². The smallest absolute Gasteiger partial charge is 0.475 e. The molecule has 1 aliphatic heterocycles. The first-order chi connectivity index (χ1) is 16.8. The molecule has 2 fully saturated rings. The van der Waals surface area contributed by atoms with E-state index in [0.29, 0.717) is 5.41 Å². The molecule has 3 N–H and O–H groups in total. The monoisotopic (exact) mass is 568 g/mol. The van der Waals surface area contributed by atoms with E-state index in [1.165, 1.54) is 18.4 Å². The second kappa shape index (κ2) is 12.9. The van der Waals surface area contributed by atoms with E-state index in [1.807, 2.05) is 10.9 Å². The minimum absolute atomic E-state index is 0.161. The average Bonchev–Trinajstić information content (AvgIpc) is 3.21. The predicted octanol–water partition coefficient (Wildman–Crippen LogP) is 2.85. The van der Waals surface area contributed by atoms with E-state index < -0.39 is 34.3 Å². The molecule has 10 nitrogen and oxygen atoms in total. The number of nitrogens with zero attached hydrogens (tertiary/aromatic N) is 3. The van der Waals surface area contributed by atoms with Crippen LogP contribution in [-0.2, 0) is 32.7 Å². The van der Waals surface area contributed by atoms with Crippen molar-refractivity contribution in [1.29, 1.82) is 0 Å². The van der Waals surface area contributed by atoms with Crippen LogP contribution in [-0.4, -0.2) is 82.5 Å². The minimum atomic E-state index is -5.08. The second-order valence-electron chi connectivity index (χ2n) is 8.71. The van der Waals surface area contributed by atoms with Gasteiger partial charge in [0.2, 0.25) is 10.0 Å². The maximum atomic E-state index is 11.6. The summed E-state index contributed by atoms with van der Waals surface area (Å²) in [4.78, 5) is 20.3. The Morgan fingerprint density at radius 3 is 1.86 bits per heavy atom. The Balaban J connectivity index is 0.000000404. The molecule has 1 spiro atoms. The number of hydrogen-bond donors (Lipinski definition) is 3. The van der Waals surface area contributed by atoms with Crippen molar-refractivity contribution in [3.8, 4) is 0 Å². The maximum Gasteiger partial charge on any atom is 0.490 e. The molecule has 17 heteroatoms. The van der Waals surface area contributed by atoms with Crippen LogP contribution in [0.15, 0.2) is 12.4 Å². The third-order valence-corrected chi connectivity index (χ3v) is 7.36. The molecule has 1 saturated heterocycles. The molecule has 0 amide bonds. The van der Waals surface area contributed by atoms with Gasteiger partial charge in [-0.1, -0.05) is 0 Å². The lowest BCUT2D eigenvalue weighted by molar-refractivity contribution is -0.193. The number of aryl methyl sites for hydroxylation is 1. The molecule has 2 aliphatic rings. The fraction of sp³-hybridized carbons (Fsp3) is 0.750. The molecule has 0 aromatic carbocycles. The van der Waals surface area contributed by atoms with Crippen LogP contribution in [0.25, 0.3) is 0 Å². The molecule has 0 unspecified atom stereocenters. The molecule has 2 heterocycles. The standard InChI is InChI=1S/C16H28N4O2S.2C2HF3O2/c1-3-20-13-14(11-17-20)12-19-7-5-16(6-8-19)9-15(10-16)18-23(21,22)4-2;2*3-2(4,5)1(6)7/h11,13,15,18H,3-10,12H2,1-2H3;2*(H,6,7). The first-order valence-electron chi connectivity index (χ1n) is 11.2. The number of sulfonamides is 1. The van der Waals surface area contributed by atoms with E-state index in [4.69, 9.17) is 19.8 Å². The first kappa shape index (κ1) is 32.6. The Bertz CT molecular complexity index is 972. The van der Waals surface area contributed by atoms with Crippen LogP contribution in [0.1, 0.15) is 45.1 Å². The Kier molecular flexibility index (Phi) is 11.4. The lowest BCUT2D eigenvalue weighted by atomic mass is 9.60. The van der Waals surface area contributed by atoms with Gasteiger partial charge in [0.25, 0.3) is 0 Å². The summed E-state index contributed by atoms with van der Waals surface area (Å²) in [5.41, 5.74) is 1.66. The van der Waals surface area contributed by atoms with Crippen molar-refractivity contribution in [3.63, 3.8) is 0 Å². The molecular weight excluding hydrogens is 538 g/mol. The number of carboxylic acids is 2. The van der Waals surface area contributed by atoms with Gasteiger partial charge < -0.3 is 10.2 Å². The van der Waals surface area contributed by atoms with Gasteiger partial charge in [-0.25, -0.2) is 22.7 Å². The molecule has 0 bridgehead atoms. The van der Waals surface area contributed by atoms with Gasteiger partial charge in [-0.3, -0.25) is 9.58 Å². The van der Waals surface area contributed by atoms with Crippen LogP contribution >= 0.6 is 0 Å². The SMILES string of the molecule is CCn1cc(CN2CCC3(CC2)CC(NS(=O)(=O)CC)C3)cn1.O=C(O)C(F)(F)F.O=C(O)C(F)(F)F. The summed E-state index contributed by atoms with van der Waals surface area (Å²) in [6.45, 7) is 7.88. The normalized spacial score (nSPS) is 18.2. The molecule has 3 rings (SSSR count). The summed E-state index contributed by atoms with van der Waals surface area (Å²) < 4.78 is 91.5. The number of likely N-dealkylation sites (tertiary alicyclic amines) is 1. The van der Waals surface area contributed by atoms with Crippen LogP contribution in [0, 0.1) is 5.41 Å². The van der Waals surface area contributed by atoms with Gasteiger partial charge in [0.15, 0.2) is 0 Å². The zero-order valence-corrected chi connectivity index (χ0v) is 21.0. The van der Waals surface area contributed by atoms with Gasteiger partial charge in [0, 0.05) is 30.9 Å². The minimum Gasteiger partial charge on any atom is -0.475 e. The highest BCUT2D eigenvalue weighted by Gasteiger charge is 2.46. The summed E-state index contributed by atoms with van der Waals surface area (Å²) in [5, 5.41) is 18.6. The maximum absolute atomic E-state index is 11.6. The number of aromatic nitrogens is 2. The Morgan fingerprint density at radius 1 is 1.05 bits per heavy atom. The number of carbonyl (C=O) groups is 2. The first-order valence-corrected chi connectivity index (χ1v) is 12.8. The third-order valence-electron chi connectivity index (χ3n) is 5.90.